The standard InChI is InChI=1S/C14H20O9/c1-8(16)20-7-13(22-10(3)18)14(23-11(4)19)12(5-6-15)21-9(2)17/h6,12-14H,5,7H2,1-4H3/t12-,13-,14+/m1/s1. The highest BCUT2D eigenvalue weighted by Gasteiger charge is 2.37. The van der Waals surface area contributed by atoms with Crippen molar-refractivity contribution in [3.63, 3.8) is 0 Å². The van der Waals surface area contributed by atoms with Crippen LogP contribution >= 0.6 is 0 Å². The minimum atomic E-state index is -1.30. The van der Waals surface area contributed by atoms with E-state index in [4.69, 9.17) is 18.9 Å². The van der Waals surface area contributed by atoms with Crippen LogP contribution in [-0.4, -0.2) is 55.1 Å². The summed E-state index contributed by atoms with van der Waals surface area (Å²) < 4.78 is 19.7. The Labute approximate surface area is 133 Å². The largest absolute Gasteiger partial charge is 0.462 e. The number of carbonyl (C=O) groups is 5. The van der Waals surface area contributed by atoms with Crippen LogP contribution in [0.1, 0.15) is 34.1 Å². The van der Waals surface area contributed by atoms with E-state index in [0.717, 1.165) is 27.7 Å². The van der Waals surface area contributed by atoms with Crippen LogP contribution in [0, 0.1) is 0 Å². The highest BCUT2D eigenvalue weighted by atomic mass is 16.6. The molecule has 0 fully saturated rings. The average molecular weight is 332 g/mol. The highest BCUT2D eigenvalue weighted by molar-refractivity contribution is 5.69. The van der Waals surface area contributed by atoms with E-state index in [-0.39, 0.29) is 6.42 Å². The zero-order valence-electron chi connectivity index (χ0n) is 13.4. The third kappa shape index (κ3) is 9.22. The molecular weight excluding hydrogens is 312 g/mol. The van der Waals surface area contributed by atoms with Crippen molar-refractivity contribution in [2.75, 3.05) is 6.61 Å². The lowest BCUT2D eigenvalue weighted by atomic mass is 10.1. The van der Waals surface area contributed by atoms with Gasteiger partial charge in [0, 0.05) is 34.1 Å². The number of carbonyl (C=O) groups excluding carboxylic acids is 5. The molecule has 0 rings (SSSR count). The van der Waals surface area contributed by atoms with Gasteiger partial charge < -0.3 is 23.7 Å². The quantitative estimate of drug-likeness (QED) is 0.324. The summed E-state index contributed by atoms with van der Waals surface area (Å²) in [6.45, 7) is 4.02. The molecule has 0 aromatic carbocycles. The lowest BCUT2D eigenvalue weighted by Gasteiger charge is -2.30. The molecule has 0 N–H and O–H groups in total. The molecule has 23 heavy (non-hydrogen) atoms. The molecule has 0 saturated heterocycles. The summed E-state index contributed by atoms with van der Waals surface area (Å²) in [5, 5.41) is 0. The van der Waals surface area contributed by atoms with Crippen molar-refractivity contribution >= 4 is 30.2 Å². The van der Waals surface area contributed by atoms with Gasteiger partial charge in [0.15, 0.2) is 12.2 Å². The first-order valence-electron chi connectivity index (χ1n) is 6.76. The van der Waals surface area contributed by atoms with E-state index in [1.54, 1.807) is 0 Å². The van der Waals surface area contributed by atoms with E-state index >= 15 is 0 Å². The maximum Gasteiger partial charge on any atom is 0.303 e. The van der Waals surface area contributed by atoms with E-state index in [1.807, 2.05) is 0 Å². The fourth-order valence-corrected chi connectivity index (χ4v) is 1.75. The van der Waals surface area contributed by atoms with Crippen LogP contribution in [0.3, 0.4) is 0 Å². The highest BCUT2D eigenvalue weighted by Crippen LogP contribution is 2.17. The Morgan fingerprint density at radius 3 is 1.65 bits per heavy atom. The van der Waals surface area contributed by atoms with Crippen molar-refractivity contribution in [2.24, 2.45) is 0 Å². The van der Waals surface area contributed by atoms with E-state index in [2.05, 4.69) is 0 Å². The molecule has 0 aliphatic carbocycles. The summed E-state index contributed by atoms with van der Waals surface area (Å²) >= 11 is 0. The zero-order valence-corrected chi connectivity index (χ0v) is 13.4. The summed E-state index contributed by atoms with van der Waals surface area (Å²) in [5.74, 6) is -2.85. The SMILES string of the molecule is CC(=O)OC[C@@H](OC(C)=O)[C@@H](OC(C)=O)[C@@H](CC=O)OC(C)=O. The monoisotopic (exact) mass is 332 g/mol. The first-order chi connectivity index (χ1) is 10.7. The second-order valence-electron chi connectivity index (χ2n) is 4.57. The van der Waals surface area contributed by atoms with Crippen LogP contribution < -0.4 is 0 Å². The Morgan fingerprint density at radius 2 is 1.26 bits per heavy atom. The predicted molar refractivity (Wildman–Crippen MR) is 74.0 cm³/mol. The van der Waals surface area contributed by atoms with Crippen molar-refractivity contribution in [1.82, 2.24) is 0 Å². The molecule has 0 unspecified atom stereocenters. The van der Waals surface area contributed by atoms with Gasteiger partial charge in [0.05, 0.1) is 0 Å². The van der Waals surface area contributed by atoms with Gasteiger partial charge in [-0.05, 0) is 0 Å². The molecule has 0 heterocycles. The summed E-state index contributed by atoms with van der Waals surface area (Å²) in [6, 6.07) is 0. The van der Waals surface area contributed by atoms with Gasteiger partial charge in [-0.2, -0.15) is 0 Å². The smallest absolute Gasteiger partial charge is 0.303 e. The molecule has 0 spiro atoms. The normalized spacial score (nSPS) is 13.9. The molecule has 130 valence electrons. The van der Waals surface area contributed by atoms with E-state index < -0.39 is 48.8 Å². The lowest BCUT2D eigenvalue weighted by Crippen LogP contribution is -2.47. The minimum Gasteiger partial charge on any atom is -0.462 e. The third-order valence-corrected chi connectivity index (χ3v) is 2.45. The zero-order chi connectivity index (χ0) is 18.0. The first kappa shape index (κ1) is 20.6. The van der Waals surface area contributed by atoms with Gasteiger partial charge >= 0.3 is 23.9 Å². The lowest BCUT2D eigenvalue weighted by molar-refractivity contribution is -0.189. The second kappa shape index (κ2) is 10.3. The fraction of sp³-hybridized carbons (Fsp3) is 0.643. The maximum absolute atomic E-state index is 11.3. The second-order valence-corrected chi connectivity index (χ2v) is 4.57. The first-order valence-corrected chi connectivity index (χ1v) is 6.76. The van der Waals surface area contributed by atoms with E-state index in [0.29, 0.717) is 6.29 Å². The van der Waals surface area contributed by atoms with Gasteiger partial charge in [-0.3, -0.25) is 19.2 Å². The molecular formula is C14H20O9. The van der Waals surface area contributed by atoms with Gasteiger partial charge in [-0.25, -0.2) is 0 Å². The summed E-state index contributed by atoms with van der Waals surface area (Å²) in [7, 11) is 0. The molecule has 0 aromatic heterocycles. The van der Waals surface area contributed by atoms with Gasteiger partial charge in [0.1, 0.15) is 19.0 Å². The third-order valence-electron chi connectivity index (χ3n) is 2.45. The maximum atomic E-state index is 11.3. The summed E-state index contributed by atoms with van der Waals surface area (Å²) in [5.41, 5.74) is 0. The van der Waals surface area contributed by atoms with Gasteiger partial charge in [0.25, 0.3) is 0 Å². The van der Waals surface area contributed by atoms with Crippen LogP contribution in [0.4, 0.5) is 0 Å². The van der Waals surface area contributed by atoms with Gasteiger partial charge in [-0.15, -0.1) is 0 Å². The van der Waals surface area contributed by atoms with E-state index in [9.17, 15) is 24.0 Å². The number of esters is 4. The Balaban J connectivity index is 5.45. The van der Waals surface area contributed by atoms with Crippen LogP contribution in [-0.2, 0) is 42.9 Å². The van der Waals surface area contributed by atoms with Gasteiger partial charge in [-0.1, -0.05) is 0 Å². The Bertz CT molecular complexity index is 457. The molecule has 9 heteroatoms. The predicted octanol–water partition coefficient (Wildman–Crippen LogP) is -0.0664. The molecule has 0 saturated carbocycles. The Morgan fingerprint density at radius 1 is 0.783 bits per heavy atom. The van der Waals surface area contributed by atoms with Crippen LogP contribution in [0.2, 0.25) is 0 Å². The average Bonchev–Trinajstić information content (AvgIpc) is 2.39. The Hall–Kier alpha value is -2.45. The molecule has 0 amide bonds. The van der Waals surface area contributed by atoms with E-state index in [1.165, 1.54) is 0 Å². The molecule has 0 aliphatic heterocycles. The summed E-state index contributed by atoms with van der Waals surface area (Å²) in [6.07, 6.45) is -3.56. The van der Waals surface area contributed by atoms with Crippen molar-refractivity contribution in [1.29, 1.82) is 0 Å². The number of rotatable bonds is 9. The molecule has 0 radical (unpaired) electrons. The van der Waals surface area contributed by atoms with Crippen LogP contribution in [0.5, 0.6) is 0 Å². The number of aldehydes is 1. The molecule has 0 aromatic rings. The molecule has 0 aliphatic rings. The number of hydrogen-bond acceptors (Lipinski definition) is 9. The van der Waals surface area contributed by atoms with Crippen molar-refractivity contribution < 1.29 is 42.9 Å². The van der Waals surface area contributed by atoms with Crippen LogP contribution in [0.25, 0.3) is 0 Å². The molecule has 0 bridgehead atoms. The van der Waals surface area contributed by atoms with Crippen LogP contribution in [0.15, 0.2) is 0 Å². The topological polar surface area (TPSA) is 122 Å². The van der Waals surface area contributed by atoms with Crippen molar-refractivity contribution in [3.8, 4) is 0 Å². The summed E-state index contributed by atoms with van der Waals surface area (Å²) in [4.78, 5) is 55.4. The van der Waals surface area contributed by atoms with Gasteiger partial charge in [0.2, 0.25) is 0 Å². The Kier molecular flexibility index (Phi) is 9.21. The number of ether oxygens (including phenoxy) is 4. The van der Waals surface area contributed by atoms with Crippen molar-refractivity contribution in [3.05, 3.63) is 0 Å². The molecule has 3 atom stereocenters. The fourth-order valence-electron chi connectivity index (χ4n) is 1.75. The number of hydrogen-bond donors (Lipinski definition) is 0. The van der Waals surface area contributed by atoms with Crippen molar-refractivity contribution in [2.45, 2.75) is 52.4 Å². The minimum absolute atomic E-state index is 0.296. The molecule has 9 nitrogen and oxygen atoms in total.